The summed E-state index contributed by atoms with van der Waals surface area (Å²) in [4.78, 5) is 15.7. The number of aryl methyl sites for hydroxylation is 1. The number of hydrogen-bond acceptors (Lipinski definition) is 4. The molecule has 19 heavy (non-hydrogen) atoms. The van der Waals surface area contributed by atoms with E-state index in [9.17, 15) is 4.79 Å². The van der Waals surface area contributed by atoms with E-state index in [4.69, 9.17) is 5.73 Å². The molecule has 0 bridgehead atoms. The maximum atomic E-state index is 11.2. The molecule has 0 radical (unpaired) electrons. The zero-order valence-electron chi connectivity index (χ0n) is 11.2. The molecular weight excluding hydrogens is 240 g/mol. The summed E-state index contributed by atoms with van der Waals surface area (Å²) >= 11 is 0. The molecule has 1 heterocycles. The Morgan fingerprint density at radius 2 is 2.16 bits per heavy atom. The molecular formula is C14H18N4O. The summed E-state index contributed by atoms with van der Waals surface area (Å²) in [5.74, 6) is 0.0158. The number of rotatable bonds is 4. The third-order valence-electron chi connectivity index (χ3n) is 2.91. The molecule has 2 aromatic rings. The minimum Gasteiger partial charge on any atom is -0.399 e. The van der Waals surface area contributed by atoms with Crippen molar-refractivity contribution < 1.29 is 4.79 Å². The zero-order chi connectivity index (χ0) is 13.8. The highest BCUT2D eigenvalue weighted by Gasteiger charge is 2.05. The molecule has 100 valence electrons. The van der Waals surface area contributed by atoms with Crippen molar-refractivity contribution >= 4 is 28.2 Å². The molecule has 0 aliphatic carbocycles. The van der Waals surface area contributed by atoms with E-state index < -0.39 is 0 Å². The molecule has 0 fully saturated rings. The first kappa shape index (κ1) is 13.1. The molecule has 2 rings (SSSR count). The Bertz CT molecular complexity index is 610. The number of benzene rings is 1. The van der Waals surface area contributed by atoms with Gasteiger partial charge >= 0.3 is 0 Å². The normalized spacial score (nSPS) is 10.4. The van der Waals surface area contributed by atoms with Crippen LogP contribution in [0.4, 0.5) is 11.4 Å². The number of hydrogen-bond donors (Lipinski definition) is 3. The molecule has 0 atom stereocenters. The van der Waals surface area contributed by atoms with E-state index >= 15 is 0 Å². The number of fused-ring (bicyclic) bond motifs is 1. The van der Waals surface area contributed by atoms with Gasteiger partial charge in [0.05, 0.1) is 5.52 Å². The summed E-state index contributed by atoms with van der Waals surface area (Å²) < 4.78 is 0. The number of nitrogen functional groups attached to an aromatic ring is 1. The van der Waals surface area contributed by atoms with Crippen LogP contribution in [0.3, 0.4) is 0 Å². The van der Waals surface area contributed by atoms with Crippen LogP contribution in [0.15, 0.2) is 24.3 Å². The molecule has 1 aromatic heterocycles. The largest absolute Gasteiger partial charge is 0.399 e. The molecule has 5 heteroatoms. The van der Waals surface area contributed by atoms with Crippen molar-refractivity contribution in [2.45, 2.75) is 13.3 Å². The van der Waals surface area contributed by atoms with Gasteiger partial charge < -0.3 is 16.4 Å². The molecule has 0 aliphatic heterocycles. The first-order valence-electron chi connectivity index (χ1n) is 6.21. The molecule has 4 N–H and O–H groups in total. The van der Waals surface area contributed by atoms with Crippen molar-refractivity contribution in [3.05, 3.63) is 30.0 Å². The maximum absolute atomic E-state index is 11.2. The molecule has 0 saturated carbocycles. The zero-order valence-corrected chi connectivity index (χ0v) is 11.2. The van der Waals surface area contributed by atoms with Crippen molar-refractivity contribution in [3.8, 4) is 0 Å². The Balaban J connectivity index is 2.25. The van der Waals surface area contributed by atoms with Crippen LogP contribution in [-0.4, -0.2) is 24.5 Å². The Morgan fingerprint density at radius 3 is 2.89 bits per heavy atom. The van der Waals surface area contributed by atoms with Gasteiger partial charge in [-0.25, -0.2) is 0 Å². The van der Waals surface area contributed by atoms with Crippen LogP contribution >= 0.6 is 0 Å². The molecule has 1 aromatic carbocycles. The van der Waals surface area contributed by atoms with Crippen LogP contribution in [0, 0.1) is 6.92 Å². The lowest BCUT2D eigenvalue weighted by Gasteiger charge is -2.11. The van der Waals surface area contributed by atoms with E-state index in [1.54, 1.807) is 7.05 Å². The van der Waals surface area contributed by atoms with Gasteiger partial charge in [0.2, 0.25) is 5.91 Å². The number of anilines is 2. The van der Waals surface area contributed by atoms with Crippen LogP contribution in [0.25, 0.3) is 10.9 Å². The Morgan fingerprint density at radius 1 is 1.37 bits per heavy atom. The third-order valence-corrected chi connectivity index (χ3v) is 2.91. The third kappa shape index (κ3) is 3.13. The quantitative estimate of drug-likeness (QED) is 0.729. The fourth-order valence-corrected chi connectivity index (χ4v) is 1.96. The number of carbonyl (C=O) groups is 1. The van der Waals surface area contributed by atoms with Crippen LogP contribution in [0.2, 0.25) is 0 Å². The number of pyridine rings is 1. The molecule has 1 amide bonds. The number of nitrogens with zero attached hydrogens (tertiary/aromatic N) is 1. The fourth-order valence-electron chi connectivity index (χ4n) is 1.96. The van der Waals surface area contributed by atoms with E-state index in [1.807, 2.05) is 31.2 Å². The van der Waals surface area contributed by atoms with Gasteiger partial charge in [0.25, 0.3) is 0 Å². The molecule has 0 saturated heterocycles. The van der Waals surface area contributed by atoms with Gasteiger partial charge in [0.15, 0.2) is 0 Å². The molecule has 0 spiro atoms. The Hall–Kier alpha value is -2.30. The van der Waals surface area contributed by atoms with E-state index in [2.05, 4.69) is 15.6 Å². The van der Waals surface area contributed by atoms with Crippen molar-refractivity contribution in [3.63, 3.8) is 0 Å². The summed E-state index contributed by atoms with van der Waals surface area (Å²) in [5.41, 5.74) is 9.30. The number of amides is 1. The van der Waals surface area contributed by atoms with Crippen molar-refractivity contribution in [1.82, 2.24) is 10.3 Å². The van der Waals surface area contributed by atoms with Gasteiger partial charge in [-0.05, 0) is 31.2 Å². The van der Waals surface area contributed by atoms with Crippen molar-refractivity contribution in [1.29, 1.82) is 0 Å². The van der Waals surface area contributed by atoms with Crippen LogP contribution < -0.4 is 16.4 Å². The van der Waals surface area contributed by atoms with E-state index in [0.29, 0.717) is 18.7 Å². The smallest absolute Gasteiger partial charge is 0.221 e. The summed E-state index contributed by atoms with van der Waals surface area (Å²) in [5, 5.41) is 6.84. The SMILES string of the molecule is CNC(=O)CCNc1cc(C)nc2ccc(N)cc12. The number of nitrogens with one attached hydrogen (secondary N) is 2. The number of aromatic nitrogens is 1. The predicted octanol–water partition coefficient (Wildman–Crippen LogP) is 1.67. The number of carbonyl (C=O) groups excluding carboxylic acids is 1. The standard InChI is InChI=1S/C14H18N4O/c1-9-7-13(17-6-5-14(19)16-2)11-8-10(15)3-4-12(11)18-9/h3-4,7-8H,5-6,15H2,1-2H3,(H,16,19)(H,17,18). The van der Waals surface area contributed by atoms with Crippen LogP contribution in [0.1, 0.15) is 12.1 Å². The van der Waals surface area contributed by atoms with Crippen LogP contribution in [0.5, 0.6) is 0 Å². The summed E-state index contributed by atoms with van der Waals surface area (Å²) in [6.07, 6.45) is 0.432. The topological polar surface area (TPSA) is 80.0 Å². The predicted molar refractivity (Wildman–Crippen MR) is 78.1 cm³/mol. The minimum absolute atomic E-state index is 0.0158. The first-order valence-corrected chi connectivity index (χ1v) is 6.21. The van der Waals surface area contributed by atoms with Crippen LogP contribution in [-0.2, 0) is 4.79 Å². The fraction of sp³-hybridized carbons (Fsp3) is 0.286. The Kier molecular flexibility index (Phi) is 3.85. The number of nitrogens with two attached hydrogens (primary N) is 1. The lowest BCUT2D eigenvalue weighted by atomic mass is 10.1. The van der Waals surface area contributed by atoms with E-state index in [0.717, 1.165) is 22.3 Å². The monoisotopic (exact) mass is 258 g/mol. The maximum Gasteiger partial charge on any atom is 0.221 e. The Labute approximate surface area is 112 Å². The average Bonchev–Trinajstić information content (AvgIpc) is 2.39. The van der Waals surface area contributed by atoms with Gasteiger partial charge in [-0.2, -0.15) is 0 Å². The second-order valence-electron chi connectivity index (χ2n) is 4.44. The van der Waals surface area contributed by atoms with Gasteiger partial charge in [0.1, 0.15) is 0 Å². The van der Waals surface area contributed by atoms with Gasteiger partial charge in [0, 0.05) is 42.5 Å². The second kappa shape index (κ2) is 5.56. The molecule has 5 nitrogen and oxygen atoms in total. The van der Waals surface area contributed by atoms with E-state index in [-0.39, 0.29) is 5.91 Å². The summed E-state index contributed by atoms with van der Waals surface area (Å²) in [6.45, 7) is 2.52. The van der Waals surface area contributed by atoms with Gasteiger partial charge in [-0.1, -0.05) is 0 Å². The minimum atomic E-state index is 0.0158. The summed E-state index contributed by atoms with van der Waals surface area (Å²) in [7, 11) is 1.63. The van der Waals surface area contributed by atoms with Gasteiger partial charge in [-0.15, -0.1) is 0 Å². The molecule has 0 unspecified atom stereocenters. The van der Waals surface area contributed by atoms with Crippen molar-refractivity contribution in [2.75, 3.05) is 24.6 Å². The summed E-state index contributed by atoms with van der Waals surface area (Å²) in [6, 6.07) is 7.60. The highest BCUT2D eigenvalue weighted by molar-refractivity contribution is 5.93. The van der Waals surface area contributed by atoms with Crippen molar-refractivity contribution in [2.24, 2.45) is 0 Å². The molecule has 0 aliphatic rings. The van der Waals surface area contributed by atoms with Gasteiger partial charge in [-0.3, -0.25) is 9.78 Å². The van der Waals surface area contributed by atoms with E-state index in [1.165, 1.54) is 0 Å². The highest BCUT2D eigenvalue weighted by atomic mass is 16.1. The average molecular weight is 258 g/mol. The second-order valence-corrected chi connectivity index (χ2v) is 4.44. The lowest BCUT2D eigenvalue weighted by molar-refractivity contribution is -0.120. The lowest BCUT2D eigenvalue weighted by Crippen LogP contribution is -2.20. The highest BCUT2D eigenvalue weighted by Crippen LogP contribution is 2.25. The first-order chi connectivity index (χ1) is 9.10.